The standard InChI is InChI=1S/C12H27NO2/c1-11(2)6-5-8-15-12(3)10-13-7-9-14-4/h11-13H,5-10H2,1-4H3. The highest BCUT2D eigenvalue weighted by atomic mass is 16.5. The van der Waals surface area contributed by atoms with Gasteiger partial charge in [0.25, 0.3) is 0 Å². The number of nitrogens with one attached hydrogen (secondary N) is 1. The minimum absolute atomic E-state index is 0.300. The molecule has 0 saturated carbocycles. The summed E-state index contributed by atoms with van der Waals surface area (Å²) in [5.74, 6) is 0.781. The van der Waals surface area contributed by atoms with E-state index in [-0.39, 0.29) is 0 Å². The lowest BCUT2D eigenvalue weighted by atomic mass is 10.1. The Morgan fingerprint density at radius 1 is 1.13 bits per heavy atom. The Morgan fingerprint density at radius 3 is 2.47 bits per heavy atom. The summed E-state index contributed by atoms with van der Waals surface area (Å²) in [6.45, 7) is 10.0. The minimum atomic E-state index is 0.300. The topological polar surface area (TPSA) is 30.5 Å². The molecule has 1 atom stereocenters. The zero-order valence-electron chi connectivity index (χ0n) is 10.7. The van der Waals surface area contributed by atoms with Gasteiger partial charge in [-0.25, -0.2) is 0 Å². The summed E-state index contributed by atoms with van der Waals surface area (Å²) in [6.07, 6.45) is 2.72. The molecule has 15 heavy (non-hydrogen) atoms. The Morgan fingerprint density at radius 2 is 1.87 bits per heavy atom. The Labute approximate surface area is 94.5 Å². The predicted octanol–water partition coefficient (Wildman–Crippen LogP) is 2.06. The number of ether oxygens (including phenoxy) is 2. The van der Waals surface area contributed by atoms with Crippen LogP contribution in [0.3, 0.4) is 0 Å². The molecule has 0 saturated heterocycles. The molecule has 0 amide bonds. The number of methoxy groups -OCH3 is 1. The van der Waals surface area contributed by atoms with E-state index < -0.39 is 0 Å². The normalized spacial score (nSPS) is 13.4. The van der Waals surface area contributed by atoms with E-state index in [0.29, 0.717) is 6.10 Å². The summed E-state index contributed by atoms with van der Waals surface area (Å²) in [4.78, 5) is 0. The van der Waals surface area contributed by atoms with Gasteiger partial charge in [-0.1, -0.05) is 13.8 Å². The van der Waals surface area contributed by atoms with Gasteiger partial charge in [0.1, 0.15) is 0 Å². The molecule has 92 valence electrons. The van der Waals surface area contributed by atoms with E-state index in [2.05, 4.69) is 26.1 Å². The van der Waals surface area contributed by atoms with Crippen LogP contribution < -0.4 is 5.32 Å². The molecular formula is C12H27NO2. The molecule has 0 fully saturated rings. The van der Waals surface area contributed by atoms with Gasteiger partial charge >= 0.3 is 0 Å². The highest BCUT2D eigenvalue weighted by molar-refractivity contribution is 4.55. The molecular weight excluding hydrogens is 190 g/mol. The molecule has 0 aliphatic carbocycles. The van der Waals surface area contributed by atoms with E-state index >= 15 is 0 Å². The van der Waals surface area contributed by atoms with Crippen molar-refractivity contribution in [2.45, 2.75) is 39.7 Å². The summed E-state index contributed by atoms with van der Waals surface area (Å²) in [5.41, 5.74) is 0. The van der Waals surface area contributed by atoms with E-state index in [0.717, 1.165) is 32.2 Å². The second-order valence-corrected chi connectivity index (χ2v) is 4.41. The average Bonchev–Trinajstić information content (AvgIpc) is 2.19. The van der Waals surface area contributed by atoms with Crippen LogP contribution in [-0.4, -0.2) is 39.5 Å². The second-order valence-electron chi connectivity index (χ2n) is 4.41. The molecule has 3 heteroatoms. The van der Waals surface area contributed by atoms with E-state index in [1.165, 1.54) is 12.8 Å². The second kappa shape index (κ2) is 10.4. The van der Waals surface area contributed by atoms with Crippen LogP contribution in [0.15, 0.2) is 0 Å². The fraction of sp³-hybridized carbons (Fsp3) is 1.00. The number of rotatable bonds is 10. The monoisotopic (exact) mass is 217 g/mol. The zero-order chi connectivity index (χ0) is 11.5. The highest BCUT2D eigenvalue weighted by Gasteiger charge is 2.01. The van der Waals surface area contributed by atoms with Gasteiger partial charge in [-0.05, 0) is 25.7 Å². The summed E-state index contributed by atoms with van der Waals surface area (Å²) in [6, 6.07) is 0. The number of hydrogen-bond acceptors (Lipinski definition) is 3. The van der Waals surface area contributed by atoms with E-state index in [9.17, 15) is 0 Å². The maximum absolute atomic E-state index is 5.67. The van der Waals surface area contributed by atoms with Crippen LogP contribution in [0.5, 0.6) is 0 Å². The van der Waals surface area contributed by atoms with Gasteiger partial charge in [0, 0.05) is 26.8 Å². The van der Waals surface area contributed by atoms with Crippen LogP contribution in [0, 0.1) is 5.92 Å². The van der Waals surface area contributed by atoms with Crippen molar-refractivity contribution in [2.75, 3.05) is 33.4 Å². The van der Waals surface area contributed by atoms with Crippen molar-refractivity contribution in [2.24, 2.45) is 5.92 Å². The Hall–Kier alpha value is -0.120. The molecule has 0 aliphatic rings. The molecule has 0 bridgehead atoms. The summed E-state index contributed by atoms with van der Waals surface area (Å²) >= 11 is 0. The molecule has 3 nitrogen and oxygen atoms in total. The lowest BCUT2D eigenvalue weighted by molar-refractivity contribution is 0.0605. The SMILES string of the molecule is COCCNCC(C)OCCCC(C)C. The summed E-state index contributed by atoms with van der Waals surface area (Å²) < 4.78 is 10.6. The van der Waals surface area contributed by atoms with Crippen LogP contribution >= 0.6 is 0 Å². The fourth-order valence-electron chi connectivity index (χ4n) is 1.31. The van der Waals surface area contributed by atoms with Gasteiger partial charge in [-0.15, -0.1) is 0 Å². The van der Waals surface area contributed by atoms with Crippen LogP contribution in [0.1, 0.15) is 33.6 Å². The van der Waals surface area contributed by atoms with Crippen LogP contribution in [-0.2, 0) is 9.47 Å². The van der Waals surface area contributed by atoms with E-state index in [4.69, 9.17) is 9.47 Å². The van der Waals surface area contributed by atoms with Gasteiger partial charge < -0.3 is 14.8 Å². The first-order chi connectivity index (χ1) is 7.16. The molecule has 0 aromatic rings. The summed E-state index contributed by atoms with van der Waals surface area (Å²) in [7, 11) is 1.72. The molecule has 1 unspecified atom stereocenters. The maximum atomic E-state index is 5.67. The Kier molecular flexibility index (Phi) is 10.3. The largest absolute Gasteiger partial charge is 0.383 e. The van der Waals surface area contributed by atoms with Crippen molar-refractivity contribution in [1.29, 1.82) is 0 Å². The molecule has 0 aromatic heterocycles. The first-order valence-electron chi connectivity index (χ1n) is 5.98. The van der Waals surface area contributed by atoms with Crippen molar-refractivity contribution < 1.29 is 9.47 Å². The third-order valence-electron chi connectivity index (χ3n) is 2.24. The molecule has 0 rings (SSSR count). The van der Waals surface area contributed by atoms with Gasteiger partial charge in [-0.2, -0.15) is 0 Å². The Bertz CT molecular complexity index is 129. The smallest absolute Gasteiger partial charge is 0.0671 e. The van der Waals surface area contributed by atoms with Crippen LogP contribution in [0.25, 0.3) is 0 Å². The zero-order valence-corrected chi connectivity index (χ0v) is 10.7. The molecule has 0 aliphatic heterocycles. The van der Waals surface area contributed by atoms with Crippen LogP contribution in [0.2, 0.25) is 0 Å². The van der Waals surface area contributed by atoms with E-state index in [1.54, 1.807) is 7.11 Å². The fourth-order valence-corrected chi connectivity index (χ4v) is 1.31. The highest BCUT2D eigenvalue weighted by Crippen LogP contribution is 2.03. The average molecular weight is 217 g/mol. The van der Waals surface area contributed by atoms with Gasteiger partial charge in [0.2, 0.25) is 0 Å². The van der Waals surface area contributed by atoms with Crippen molar-refractivity contribution in [1.82, 2.24) is 5.32 Å². The molecule has 0 radical (unpaired) electrons. The first-order valence-corrected chi connectivity index (χ1v) is 5.98. The molecule has 1 N–H and O–H groups in total. The van der Waals surface area contributed by atoms with Gasteiger partial charge in [0.15, 0.2) is 0 Å². The number of hydrogen-bond donors (Lipinski definition) is 1. The minimum Gasteiger partial charge on any atom is -0.383 e. The lowest BCUT2D eigenvalue weighted by Crippen LogP contribution is -2.29. The third-order valence-corrected chi connectivity index (χ3v) is 2.24. The van der Waals surface area contributed by atoms with Crippen molar-refractivity contribution in [3.8, 4) is 0 Å². The van der Waals surface area contributed by atoms with Crippen molar-refractivity contribution in [3.05, 3.63) is 0 Å². The van der Waals surface area contributed by atoms with E-state index in [1.807, 2.05) is 0 Å². The first kappa shape index (κ1) is 14.9. The van der Waals surface area contributed by atoms with Gasteiger partial charge in [-0.3, -0.25) is 0 Å². The Balaban J connectivity index is 3.15. The summed E-state index contributed by atoms with van der Waals surface area (Å²) in [5, 5.41) is 3.29. The van der Waals surface area contributed by atoms with Crippen molar-refractivity contribution >= 4 is 0 Å². The lowest BCUT2D eigenvalue weighted by Gasteiger charge is -2.14. The van der Waals surface area contributed by atoms with Gasteiger partial charge in [0.05, 0.1) is 12.7 Å². The van der Waals surface area contributed by atoms with Crippen LogP contribution in [0.4, 0.5) is 0 Å². The van der Waals surface area contributed by atoms with Crippen molar-refractivity contribution in [3.63, 3.8) is 0 Å². The maximum Gasteiger partial charge on any atom is 0.0671 e. The third kappa shape index (κ3) is 11.8. The predicted molar refractivity (Wildman–Crippen MR) is 64.2 cm³/mol. The molecule has 0 aromatic carbocycles. The molecule has 0 spiro atoms. The molecule has 0 heterocycles. The quantitative estimate of drug-likeness (QED) is 0.568.